The molecule has 0 saturated carbocycles. The summed E-state index contributed by atoms with van der Waals surface area (Å²) in [6, 6.07) is 6.00. The van der Waals surface area contributed by atoms with E-state index < -0.39 is 11.9 Å². The van der Waals surface area contributed by atoms with Crippen molar-refractivity contribution in [3.63, 3.8) is 0 Å². The zero-order valence-corrected chi connectivity index (χ0v) is 13.5. The number of alkyl halides is 3. The Kier molecular flexibility index (Phi) is 4.61. The van der Waals surface area contributed by atoms with Gasteiger partial charge in [0.1, 0.15) is 5.69 Å². The lowest BCUT2D eigenvalue weighted by Crippen LogP contribution is -2.26. The molecule has 8 heteroatoms. The summed E-state index contributed by atoms with van der Waals surface area (Å²) in [6.07, 6.45) is 0.333. The van der Waals surface area contributed by atoms with Gasteiger partial charge in [-0.1, -0.05) is 6.07 Å². The first-order valence-corrected chi connectivity index (χ1v) is 7.79. The van der Waals surface area contributed by atoms with Crippen LogP contribution in [0.15, 0.2) is 42.9 Å². The van der Waals surface area contributed by atoms with E-state index in [4.69, 9.17) is 0 Å². The number of rotatable bonds is 4. The summed E-state index contributed by atoms with van der Waals surface area (Å²) in [4.78, 5) is 21.2. The SMILES string of the molecule is CN1C(=O)C[C@@H](CNc2ccnc(C(F)(F)F)c2)[C@@H]1c1cccnc1. The van der Waals surface area contributed by atoms with Crippen molar-refractivity contribution in [2.24, 2.45) is 5.92 Å². The van der Waals surface area contributed by atoms with E-state index in [1.165, 1.54) is 6.07 Å². The van der Waals surface area contributed by atoms with Crippen LogP contribution in [0, 0.1) is 5.92 Å². The van der Waals surface area contributed by atoms with Crippen LogP contribution in [0.2, 0.25) is 0 Å². The fraction of sp³-hybridized carbons (Fsp3) is 0.353. The highest BCUT2D eigenvalue weighted by atomic mass is 19.4. The molecule has 0 radical (unpaired) electrons. The normalized spacial score (nSPS) is 20.8. The summed E-state index contributed by atoms with van der Waals surface area (Å²) in [5.74, 6) is -0.0597. The first-order valence-electron chi connectivity index (χ1n) is 7.79. The summed E-state index contributed by atoms with van der Waals surface area (Å²) in [5.41, 5.74) is 0.295. The number of pyridine rings is 2. The standard InChI is InChI=1S/C17H17F3N4O/c1-24-15(25)7-12(16(24)11-3-2-5-21-9-11)10-23-13-4-6-22-14(8-13)17(18,19)20/h2-6,8-9,12,16H,7,10H2,1H3,(H,22,23)/t12-,16-/m0/s1. The van der Waals surface area contributed by atoms with Gasteiger partial charge in [-0.05, 0) is 23.8 Å². The molecule has 3 rings (SSSR count). The van der Waals surface area contributed by atoms with Crippen LogP contribution in [0.5, 0.6) is 0 Å². The minimum atomic E-state index is -4.49. The Labute approximate surface area is 142 Å². The van der Waals surface area contributed by atoms with Crippen molar-refractivity contribution in [2.45, 2.75) is 18.6 Å². The Morgan fingerprint density at radius 3 is 2.80 bits per heavy atom. The second-order valence-corrected chi connectivity index (χ2v) is 6.01. The number of hydrogen-bond donors (Lipinski definition) is 1. The fourth-order valence-corrected chi connectivity index (χ4v) is 3.13. The number of halogens is 3. The average Bonchev–Trinajstić information content (AvgIpc) is 2.88. The van der Waals surface area contributed by atoms with Crippen molar-refractivity contribution < 1.29 is 18.0 Å². The first-order chi connectivity index (χ1) is 11.9. The molecule has 2 atom stereocenters. The molecule has 3 heterocycles. The van der Waals surface area contributed by atoms with Crippen LogP contribution in [-0.2, 0) is 11.0 Å². The third kappa shape index (κ3) is 3.72. The second-order valence-electron chi connectivity index (χ2n) is 6.01. The van der Waals surface area contributed by atoms with Crippen LogP contribution in [0.1, 0.15) is 23.7 Å². The van der Waals surface area contributed by atoms with Crippen molar-refractivity contribution in [3.8, 4) is 0 Å². The van der Waals surface area contributed by atoms with Crippen LogP contribution in [0.25, 0.3) is 0 Å². The molecule has 2 aromatic rings. The number of carbonyl (C=O) groups excluding carboxylic acids is 1. The van der Waals surface area contributed by atoms with Gasteiger partial charge in [-0.15, -0.1) is 0 Å². The Morgan fingerprint density at radius 2 is 2.12 bits per heavy atom. The predicted octanol–water partition coefficient (Wildman–Crippen LogP) is 3.13. The topological polar surface area (TPSA) is 58.1 Å². The summed E-state index contributed by atoms with van der Waals surface area (Å²) in [6.45, 7) is 0.372. The molecule has 0 bridgehead atoms. The molecule has 0 aliphatic carbocycles. The van der Waals surface area contributed by atoms with Gasteiger partial charge in [0.05, 0.1) is 6.04 Å². The Hall–Kier alpha value is -2.64. The van der Waals surface area contributed by atoms with Crippen LogP contribution in [0.3, 0.4) is 0 Å². The van der Waals surface area contributed by atoms with E-state index in [0.717, 1.165) is 17.8 Å². The molecule has 1 N–H and O–H groups in total. The van der Waals surface area contributed by atoms with Gasteiger partial charge in [0, 0.05) is 50.2 Å². The summed E-state index contributed by atoms with van der Waals surface area (Å²) < 4.78 is 38.2. The number of hydrogen-bond acceptors (Lipinski definition) is 4. The number of nitrogens with one attached hydrogen (secondary N) is 1. The van der Waals surface area contributed by atoms with Crippen LogP contribution in [-0.4, -0.2) is 34.4 Å². The van der Waals surface area contributed by atoms with E-state index in [0.29, 0.717) is 18.7 Å². The van der Waals surface area contributed by atoms with Gasteiger partial charge in [-0.25, -0.2) is 0 Å². The lowest BCUT2D eigenvalue weighted by Gasteiger charge is -2.25. The summed E-state index contributed by atoms with van der Waals surface area (Å²) in [7, 11) is 1.73. The Bertz CT molecular complexity index is 751. The van der Waals surface area contributed by atoms with E-state index in [9.17, 15) is 18.0 Å². The van der Waals surface area contributed by atoms with Gasteiger partial charge in [0.2, 0.25) is 5.91 Å². The molecule has 1 aliphatic rings. The predicted molar refractivity (Wildman–Crippen MR) is 85.6 cm³/mol. The first kappa shape index (κ1) is 17.2. The molecule has 0 spiro atoms. The average molecular weight is 350 g/mol. The summed E-state index contributed by atoms with van der Waals surface area (Å²) >= 11 is 0. The molecular weight excluding hydrogens is 333 g/mol. The minimum absolute atomic E-state index is 0.00589. The van der Waals surface area contributed by atoms with Gasteiger partial charge < -0.3 is 10.2 Å². The van der Waals surface area contributed by atoms with E-state index in [-0.39, 0.29) is 17.9 Å². The van der Waals surface area contributed by atoms with Crippen LogP contribution >= 0.6 is 0 Å². The summed E-state index contributed by atoms with van der Waals surface area (Å²) in [5, 5.41) is 3.00. The maximum atomic E-state index is 12.7. The largest absolute Gasteiger partial charge is 0.433 e. The second kappa shape index (κ2) is 6.70. The zero-order valence-electron chi connectivity index (χ0n) is 13.5. The highest BCUT2D eigenvalue weighted by Gasteiger charge is 2.38. The Balaban J connectivity index is 1.75. The molecule has 132 valence electrons. The number of anilines is 1. The molecular formula is C17H17F3N4O. The van der Waals surface area contributed by atoms with E-state index >= 15 is 0 Å². The highest BCUT2D eigenvalue weighted by Crippen LogP contribution is 2.37. The van der Waals surface area contributed by atoms with Gasteiger partial charge in [0.25, 0.3) is 0 Å². The molecule has 1 saturated heterocycles. The number of aromatic nitrogens is 2. The fourth-order valence-electron chi connectivity index (χ4n) is 3.13. The minimum Gasteiger partial charge on any atom is -0.385 e. The zero-order chi connectivity index (χ0) is 18.0. The molecule has 0 unspecified atom stereocenters. The number of nitrogens with zero attached hydrogens (tertiary/aromatic N) is 3. The maximum absolute atomic E-state index is 12.7. The highest BCUT2D eigenvalue weighted by molar-refractivity contribution is 5.79. The van der Waals surface area contributed by atoms with Crippen LogP contribution < -0.4 is 5.32 Å². The van der Waals surface area contributed by atoms with E-state index in [2.05, 4.69) is 15.3 Å². The maximum Gasteiger partial charge on any atom is 0.433 e. The quantitative estimate of drug-likeness (QED) is 0.920. The van der Waals surface area contributed by atoms with Crippen LogP contribution in [0.4, 0.5) is 18.9 Å². The number of amides is 1. The number of carbonyl (C=O) groups is 1. The van der Waals surface area contributed by atoms with E-state index in [1.807, 2.05) is 6.07 Å². The smallest absolute Gasteiger partial charge is 0.385 e. The molecule has 2 aromatic heterocycles. The molecule has 1 fully saturated rings. The van der Waals surface area contributed by atoms with Gasteiger partial charge in [0.15, 0.2) is 0 Å². The van der Waals surface area contributed by atoms with Gasteiger partial charge in [-0.3, -0.25) is 14.8 Å². The van der Waals surface area contributed by atoms with Crippen molar-refractivity contribution in [1.82, 2.24) is 14.9 Å². The van der Waals surface area contributed by atoms with Crippen molar-refractivity contribution in [2.75, 3.05) is 18.9 Å². The third-order valence-electron chi connectivity index (χ3n) is 4.34. The molecule has 1 amide bonds. The molecule has 0 aromatic carbocycles. The van der Waals surface area contributed by atoms with Gasteiger partial charge in [-0.2, -0.15) is 13.2 Å². The van der Waals surface area contributed by atoms with Gasteiger partial charge >= 0.3 is 6.18 Å². The van der Waals surface area contributed by atoms with Crippen molar-refractivity contribution in [1.29, 1.82) is 0 Å². The lowest BCUT2D eigenvalue weighted by molar-refractivity contribution is -0.141. The Morgan fingerprint density at radius 1 is 1.32 bits per heavy atom. The lowest BCUT2D eigenvalue weighted by atomic mass is 9.94. The molecule has 1 aliphatic heterocycles. The molecule has 5 nitrogen and oxygen atoms in total. The van der Waals surface area contributed by atoms with Crippen molar-refractivity contribution in [3.05, 3.63) is 54.1 Å². The molecule has 25 heavy (non-hydrogen) atoms. The monoisotopic (exact) mass is 350 g/mol. The van der Waals surface area contributed by atoms with Crippen molar-refractivity contribution >= 4 is 11.6 Å². The van der Waals surface area contributed by atoms with E-state index in [1.54, 1.807) is 30.4 Å². The third-order valence-corrected chi connectivity index (χ3v) is 4.34. The number of likely N-dealkylation sites (tertiary alicyclic amines) is 1.